The predicted molar refractivity (Wildman–Crippen MR) is 58.3 cm³/mol. The molecule has 1 aromatic rings. The van der Waals surface area contributed by atoms with Gasteiger partial charge in [-0.2, -0.15) is 0 Å². The molecule has 0 aliphatic carbocycles. The second kappa shape index (κ2) is 5.09. The van der Waals surface area contributed by atoms with E-state index in [1.165, 1.54) is 21.1 Å². The van der Waals surface area contributed by atoms with Crippen LogP contribution in [0.15, 0.2) is 12.1 Å². The average Bonchev–Trinajstić information content (AvgIpc) is 2.29. The molecule has 0 fully saturated rings. The molecule has 0 saturated carbocycles. The van der Waals surface area contributed by atoms with Gasteiger partial charge in [0.2, 0.25) is 5.91 Å². The summed E-state index contributed by atoms with van der Waals surface area (Å²) < 4.78 is 31.7. The number of ether oxygens (including phenoxy) is 1. The van der Waals surface area contributed by atoms with E-state index in [2.05, 4.69) is 4.74 Å². The zero-order valence-electron chi connectivity index (χ0n) is 9.83. The maximum atomic E-state index is 13.6. The fraction of sp³-hybridized carbons (Fsp3) is 0.364. The number of amides is 1. The van der Waals surface area contributed by atoms with Crippen molar-refractivity contribution in [3.05, 3.63) is 29.3 Å². The van der Waals surface area contributed by atoms with Crippen LogP contribution in [0.25, 0.3) is 0 Å². The molecule has 0 saturated heterocycles. The Morgan fingerprint density at radius 1 is 1.41 bits per heavy atom. The molecular formula is C11H14F2N2O2. The summed E-state index contributed by atoms with van der Waals surface area (Å²) >= 11 is 0. The van der Waals surface area contributed by atoms with Crippen LogP contribution in [0.4, 0.5) is 8.78 Å². The second-order valence-corrected chi connectivity index (χ2v) is 3.68. The van der Waals surface area contributed by atoms with Crippen LogP contribution in [0.2, 0.25) is 0 Å². The summed E-state index contributed by atoms with van der Waals surface area (Å²) in [5.74, 6) is 2.28. The lowest BCUT2D eigenvalue weighted by Crippen LogP contribution is -2.36. The average molecular weight is 244 g/mol. The quantitative estimate of drug-likeness (QED) is 0.497. The van der Waals surface area contributed by atoms with Gasteiger partial charge < -0.3 is 4.74 Å². The first-order valence-electron chi connectivity index (χ1n) is 4.93. The van der Waals surface area contributed by atoms with Crippen LogP contribution in [0, 0.1) is 11.6 Å². The molecule has 1 amide bonds. The summed E-state index contributed by atoms with van der Waals surface area (Å²) in [6.45, 7) is 1.45. The van der Waals surface area contributed by atoms with E-state index in [9.17, 15) is 13.6 Å². The van der Waals surface area contributed by atoms with E-state index in [0.29, 0.717) is 0 Å². The SMILES string of the molecule is COc1cc(F)c(C(C)C(=O)N(C)N)cc1F. The number of hydrogen-bond donors (Lipinski definition) is 1. The molecule has 0 aliphatic rings. The molecule has 0 bridgehead atoms. The summed E-state index contributed by atoms with van der Waals surface area (Å²) in [6, 6.07) is 1.85. The molecule has 0 aliphatic heterocycles. The highest BCUT2D eigenvalue weighted by Gasteiger charge is 2.22. The Balaban J connectivity index is 3.15. The largest absolute Gasteiger partial charge is 0.494 e. The molecule has 0 radical (unpaired) electrons. The van der Waals surface area contributed by atoms with Crippen molar-refractivity contribution in [1.29, 1.82) is 0 Å². The van der Waals surface area contributed by atoms with Gasteiger partial charge in [0.1, 0.15) is 5.82 Å². The van der Waals surface area contributed by atoms with Crippen LogP contribution in [-0.2, 0) is 4.79 Å². The van der Waals surface area contributed by atoms with Crippen molar-refractivity contribution in [2.75, 3.05) is 14.2 Å². The first-order valence-corrected chi connectivity index (χ1v) is 4.93. The number of benzene rings is 1. The first-order chi connectivity index (χ1) is 7.88. The number of rotatable bonds is 3. The van der Waals surface area contributed by atoms with Crippen LogP contribution in [0.3, 0.4) is 0 Å². The zero-order chi connectivity index (χ0) is 13.2. The third kappa shape index (κ3) is 2.71. The number of carbonyl (C=O) groups excluding carboxylic acids is 1. The molecule has 1 rings (SSSR count). The smallest absolute Gasteiger partial charge is 0.243 e. The number of halogens is 2. The Morgan fingerprint density at radius 3 is 2.47 bits per heavy atom. The number of carbonyl (C=O) groups is 1. The van der Waals surface area contributed by atoms with Crippen LogP contribution in [0.1, 0.15) is 18.4 Å². The summed E-state index contributed by atoms with van der Waals surface area (Å²) in [6.07, 6.45) is 0. The first kappa shape index (κ1) is 13.4. The van der Waals surface area contributed by atoms with E-state index in [-0.39, 0.29) is 11.3 Å². The molecule has 0 aromatic heterocycles. The van der Waals surface area contributed by atoms with E-state index >= 15 is 0 Å². The minimum absolute atomic E-state index is 0.0504. The standard InChI is InChI=1S/C11H14F2N2O2/c1-6(11(16)15(2)14)7-4-9(13)10(17-3)5-8(7)12/h4-6H,14H2,1-3H3. The molecule has 94 valence electrons. The maximum absolute atomic E-state index is 13.6. The summed E-state index contributed by atoms with van der Waals surface area (Å²) in [4.78, 5) is 11.5. The van der Waals surface area contributed by atoms with E-state index in [1.54, 1.807) is 0 Å². The molecule has 0 heterocycles. The van der Waals surface area contributed by atoms with Gasteiger partial charge in [0.05, 0.1) is 13.0 Å². The predicted octanol–water partition coefficient (Wildman–Crippen LogP) is 1.41. The van der Waals surface area contributed by atoms with Gasteiger partial charge in [-0.05, 0) is 13.0 Å². The van der Waals surface area contributed by atoms with Crippen LogP contribution in [-0.4, -0.2) is 25.1 Å². The lowest BCUT2D eigenvalue weighted by Gasteiger charge is -2.17. The van der Waals surface area contributed by atoms with E-state index < -0.39 is 23.5 Å². The number of likely N-dealkylation sites (N-methyl/N-ethyl adjacent to an activating group) is 1. The normalized spacial score (nSPS) is 12.1. The lowest BCUT2D eigenvalue weighted by molar-refractivity contribution is -0.131. The molecule has 1 unspecified atom stereocenters. The minimum Gasteiger partial charge on any atom is -0.494 e. The van der Waals surface area contributed by atoms with Crippen molar-refractivity contribution >= 4 is 5.91 Å². The van der Waals surface area contributed by atoms with Gasteiger partial charge in [0.15, 0.2) is 11.6 Å². The fourth-order valence-corrected chi connectivity index (χ4v) is 1.47. The summed E-state index contributed by atoms with van der Waals surface area (Å²) in [7, 11) is 2.58. The van der Waals surface area contributed by atoms with Crippen molar-refractivity contribution in [3.63, 3.8) is 0 Å². The number of hydrogen-bond acceptors (Lipinski definition) is 3. The van der Waals surface area contributed by atoms with E-state index in [4.69, 9.17) is 5.84 Å². The minimum atomic E-state index is -0.856. The third-order valence-corrected chi connectivity index (χ3v) is 2.46. The highest BCUT2D eigenvalue weighted by atomic mass is 19.1. The Labute approximate surface area is 97.9 Å². The molecule has 1 atom stereocenters. The van der Waals surface area contributed by atoms with Crippen molar-refractivity contribution in [3.8, 4) is 5.75 Å². The van der Waals surface area contributed by atoms with Crippen molar-refractivity contribution < 1.29 is 18.3 Å². The molecule has 0 spiro atoms. The summed E-state index contributed by atoms with van der Waals surface area (Å²) in [5, 5.41) is 0.840. The Morgan fingerprint density at radius 2 is 2.00 bits per heavy atom. The molecule has 6 heteroatoms. The van der Waals surface area contributed by atoms with Crippen molar-refractivity contribution in [1.82, 2.24) is 5.01 Å². The van der Waals surface area contributed by atoms with Crippen LogP contribution in [0.5, 0.6) is 5.75 Å². The molecule has 4 nitrogen and oxygen atoms in total. The number of nitrogens with two attached hydrogens (primary N) is 1. The molecule has 1 aromatic carbocycles. The Kier molecular flexibility index (Phi) is 4.01. The number of hydrazine groups is 1. The number of nitrogens with zero attached hydrogens (tertiary/aromatic N) is 1. The van der Waals surface area contributed by atoms with Crippen molar-refractivity contribution in [2.24, 2.45) is 5.84 Å². The van der Waals surface area contributed by atoms with Gasteiger partial charge in [-0.3, -0.25) is 9.80 Å². The molecule has 2 N–H and O–H groups in total. The van der Waals surface area contributed by atoms with Gasteiger partial charge in [-0.25, -0.2) is 14.6 Å². The highest BCUT2D eigenvalue weighted by molar-refractivity contribution is 5.82. The second-order valence-electron chi connectivity index (χ2n) is 3.68. The molecular weight excluding hydrogens is 230 g/mol. The molecule has 17 heavy (non-hydrogen) atoms. The van der Waals surface area contributed by atoms with Gasteiger partial charge >= 0.3 is 0 Å². The lowest BCUT2D eigenvalue weighted by atomic mass is 9.99. The van der Waals surface area contributed by atoms with E-state index in [1.807, 2.05) is 0 Å². The Hall–Kier alpha value is -1.69. The van der Waals surface area contributed by atoms with Gasteiger partial charge in [-0.1, -0.05) is 0 Å². The van der Waals surface area contributed by atoms with E-state index in [0.717, 1.165) is 17.1 Å². The van der Waals surface area contributed by atoms with Crippen LogP contribution < -0.4 is 10.6 Å². The van der Waals surface area contributed by atoms with Gasteiger partial charge in [0.25, 0.3) is 0 Å². The van der Waals surface area contributed by atoms with Gasteiger partial charge in [-0.15, -0.1) is 0 Å². The number of methoxy groups -OCH3 is 1. The van der Waals surface area contributed by atoms with Crippen LogP contribution >= 0.6 is 0 Å². The third-order valence-electron chi connectivity index (χ3n) is 2.46. The maximum Gasteiger partial charge on any atom is 0.243 e. The fourth-order valence-electron chi connectivity index (χ4n) is 1.47. The monoisotopic (exact) mass is 244 g/mol. The van der Waals surface area contributed by atoms with Gasteiger partial charge in [0, 0.05) is 18.7 Å². The topological polar surface area (TPSA) is 55.6 Å². The summed E-state index contributed by atoms with van der Waals surface area (Å²) in [5.41, 5.74) is -0.0504. The van der Waals surface area contributed by atoms with Crippen molar-refractivity contribution in [2.45, 2.75) is 12.8 Å². The Bertz CT molecular complexity index is 436. The zero-order valence-corrected chi connectivity index (χ0v) is 9.83. The highest BCUT2D eigenvalue weighted by Crippen LogP contribution is 2.27.